The predicted molar refractivity (Wildman–Crippen MR) is 104 cm³/mol. The minimum atomic E-state index is -0.0740. The average Bonchev–Trinajstić information content (AvgIpc) is 2.64. The molecule has 1 atom stereocenters. The van der Waals surface area contributed by atoms with Crippen molar-refractivity contribution in [3.8, 4) is 0 Å². The van der Waals surface area contributed by atoms with Crippen molar-refractivity contribution in [1.29, 1.82) is 0 Å². The van der Waals surface area contributed by atoms with E-state index in [4.69, 9.17) is 16.3 Å². The van der Waals surface area contributed by atoms with Crippen LogP contribution in [-0.4, -0.2) is 68.2 Å². The Morgan fingerprint density at radius 3 is 2.58 bits per heavy atom. The second kappa shape index (κ2) is 9.70. The number of hydrogen-bond donors (Lipinski definition) is 1. The molecule has 0 aliphatic carbocycles. The van der Waals surface area contributed by atoms with Gasteiger partial charge in [-0.25, -0.2) is 0 Å². The minimum absolute atomic E-state index is 0.0732. The summed E-state index contributed by atoms with van der Waals surface area (Å²) in [5.74, 6) is 0.818. The zero-order valence-corrected chi connectivity index (χ0v) is 16.4. The Morgan fingerprint density at radius 2 is 1.88 bits per heavy atom. The number of nitrogens with zero attached hydrogens (tertiary/aromatic N) is 2. The number of rotatable bonds is 6. The molecule has 0 spiro atoms. The fourth-order valence-electron chi connectivity index (χ4n) is 3.87. The van der Waals surface area contributed by atoms with Gasteiger partial charge in [0, 0.05) is 24.7 Å². The van der Waals surface area contributed by atoms with Gasteiger partial charge in [0.2, 0.25) is 5.91 Å². The first-order valence-corrected chi connectivity index (χ1v) is 10.1. The van der Waals surface area contributed by atoms with E-state index >= 15 is 0 Å². The van der Waals surface area contributed by atoms with Crippen molar-refractivity contribution in [2.45, 2.75) is 25.8 Å². The number of piperidine rings is 1. The monoisotopic (exact) mass is 379 g/mol. The normalized spacial score (nSPS) is 21.5. The third-order valence-corrected chi connectivity index (χ3v) is 5.79. The van der Waals surface area contributed by atoms with E-state index in [9.17, 15) is 4.79 Å². The van der Waals surface area contributed by atoms with Gasteiger partial charge in [-0.1, -0.05) is 29.8 Å². The highest BCUT2D eigenvalue weighted by Crippen LogP contribution is 2.22. The standard InChI is InChI=1S/C20H30ClN3O2/c1-16(18-4-2-3-5-19(18)21)22-20(25)15-23-8-6-17(7-9-23)14-24-10-12-26-13-11-24/h2-5,16-17H,6-15H2,1H3,(H,22,25). The molecule has 1 aromatic rings. The van der Waals surface area contributed by atoms with E-state index in [-0.39, 0.29) is 11.9 Å². The van der Waals surface area contributed by atoms with Crippen LogP contribution in [0.2, 0.25) is 5.02 Å². The van der Waals surface area contributed by atoms with E-state index in [0.717, 1.165) is 50.9 Å². The molecule has 3 rings (SSSR count). The molecule has 2 fully saturated rings. The first kappa shape index (κ1) is 19.6. The molecule has 2 aliphatic rings. The van der Waals surface area contributed by atoms with Crippen LogP contribution in [0.25, 0.3) is 0 Å². The van der Waals surface area contributed by atoms with Gasteiger partial charge < -0.3 is 10.1 Å². The second-order valence-corrected chi connectivity index (χ2v) is 7.85. The molecule has 0 radical (unpaired) electrons. The van der Waals surface area contributed by atoms with Gasteiger partial charge in [-0.15, -0.1) is 0 Å². The Hall–Kier alpha value is -1.14. The summed E-state index contributed by atoms with van der Waals surface area (Å²) >= 11 is 6.22. The molecule has 2 saturated heterocycles. The number of likely N-dealkylation sites (tertiary alicyclic amines) is 1. The quantitative estimate of drug-likeness (QED) is 0.825. The molecular formula is C20H30ClN3O2. The van der Waals surface area contributed by atoms with Gasteiger partial charge in [-0.05, 0) is 50.4 Å². The van der Waals surface area contributed by atoms with E-state index in [2.05, 4.69) is 15.1 Å². The van der Waals surface area contributed by atoms with Crippen LogP contribution in [-0.2, 0) is 9.53 Å². The number of amides is 1. The van der Waals surface area contributed by atoms with E-state index in [0.29, 0.717) is 11.6 Å². The number of hydrogen-bond acceptors (Lipinski definition) is 4. The summed E-state index contributed by atoms with van der Waals surface area (Å²) in [6, 6.07) is 7.60. The molecule has 144 valence electrons. The molecule has 6 heteroatoms. The van der Waals surface area contributed by atoms with Gasteiger partial charge in [0.25, 0.3) is 0 Å². The maximum absolute atomic E-state index is 12.4. The van der Waals surface area contributed by atoms with Gasteiger partial charge >= 0.3 is 0 Å². The average molecular weight is 380 g/mol. The molecule has 0 saturated carbocycles. The predicted octanol–water partition coefficient (Wildman–Crippen LogP) is 2.56. The van der Waals surface area contributed by atoms with Gasteiger partial charge in [0.1, 0.15) is 0 Å². The maximum Gasteiger partial charge on any atom is 0.234 e. The first-order valence-electron chi connectivity index (χ1n) is 9.68. The third kappa shape index (κ3) is 5.68. The lowest BCUT2D eigenvalue weighted by atomic mass is 9.96. The molecular weight excluding hydrogens is 350 g/mol. The summed E-state index contributed by atoms with van der Waals surface area (Å²) in [7, 11) is 0. The molecule has 26 heavy (non-hydrogen) atoms. The van der Waals surface area contributed by atoms with E-state index in [1.54, 1.807) is 0 Å². The summed E-state index contributed by atoms with van der Waals surface area (Å²) in [5.41, 5.74) is 0.965. The van der Waals surface area contributed by atoms with Crippen molar-refractivity contribution in [2.24, 2.45) is 5.92 Å². The summed E-state index contributed by atoms with van der Waals surface area (Å²) in [5, 5.41) is 3.77. The van der Waals surface area contributed by atoms with Crippen LogP contribution in [0.3, 0.4) is 0 Å². The summed E-state index contributed by atoms with van der Waals surface area (Å²) in [4.78, 5) is 17.2. The molecule has 2 heterocycles. The van der Waals surface area contributed by atoms with Crippen LogP contribution in [0.4, 0.5) is 0 Å². The minimum Gasteiger partial charge on any atom is -0.379 e. The highest BCUT2D eigenvalue weighted by Gasteiger charge is 2.24. The first-order chi connectivity index (χ1) is 12.6. The van der Waals surface area contributed by atoms with Crippen molar-refractivity contribution in [1.82, 2.24) is 15.1 Å². The smallest absolute Gasteiger partial charge is 0.234 e. The SMILES string of the molecule is CC(NC(=O)CN1CCC(CN2CCOCC2)CC1)c1ccccc1Cl. The largest absolute Gasteiger partial charge is 0.379 e. The van der Waals surface area contributed by atoms with Gasteiger partial charge in [-0.3, -0.25) is 14.6 Å². The van der Waals surface area contributed by atoms with Crippen LogP contribution in [0.1, 0.15) is 31.4 Å². The fourth-order valence-corrected chi connectivity index (χ4v) is 4.17. The zero-order chi connectivity index (χ0) is 18.4. The summed E-state index contributed by atoms with van der Waals surface area (Å²) < 4.78 is 5.42. The van der Waals surface area contributed by atoms with Gasteiger partial charge in [-0.2, -0.15) is 0 Å². The van der Waals surface area contributed by atoms with Crippen molar-refractivity contribution < 1.29 is 9.53 Å². The molecule has 1 aromatic carbocycles. The van der Waals surface area contributed by atoms with Crippen LogP contribution in [0.5, 0.6) is 0 Å². The molecule has 1 amide bonds. The van der Waals surface area contributed by atoms with Crippen molar-refractivity contribution >= 4 is 17.5 Å². The fraction of sp³-hybridized carbons (Fsp3) is 0.650. The lowest BCUT2D eigenvalue weighted by Gasteiger charge is -2.35. The summed E-state index contributed by atoms with van der Waals surface area (Å²) in [6.45, 7) is 9.47. The summed E-state index contributed by atoms with van der Waals surface area (Å²) in [6.07, 6.45) is 2.34. The Morgan fingerprint density at radius 1 is 1.19 bits per heavy atom. The van der Waals surface area contributed by atoms with Crippen molar-refractivity contribution in [3.05, 3.63) is 34.9 Å². The Labute approximate surface area is 161 Å². The lowest BCUT2D eigenvalue weighted by molar-refractivity contribution is -0.123. The molecule has 2 aliphatic heterocycles. The van der Waals surface area contributed by atoms with Crippen LogP contribution < -0.4 is 5.32 Å². The third-order valence-electron chi connectivity index (χ3n) is 5.44. The zero-order valence-electron chi connectivity index (χ0n) is 15.6. The highest BCUT2D eigenvalue weighted by molar-refractivity contribution is 6.31. The topological polar surface area (TPSA) is 44.8 Å². The lowest BCUT2D eigenvalue weighted by Crippen LogP contribution is -2.45. The number of nitrogens with one attached hydrogen (secondary N) is 1. The second-order valence-electron chi connectivity index (χ2n) is 7.44. The molecule has 5 nitrogen and oxygen atoms in total. The molecule has 0 bridgehead atoms. The number of carbonyl (C=O) groups excluding carboxylic acids is 1. The Bertz CT molecular complexity index is 584. The van der Waals surface area contributed by atoms with Gasteiger partial charge in [0.15, 0.2) is 0 Å². The number of ether oxygens (including phenoxy) is 1. The van der Waals surface area contributed by atoms with Crippen LogP contribution in [0, 0.1) is 5.92 Å². The molecule has 1 unspecified atom stereocenters. The number of benzene rings is 1. The van der Waals surface area contributed by atoms with E-state index in [1.807, 2.05) is 31.2 Å². The molecule has 1 N–H and O–H groups in total. The molecule has 0 aromatic heterocycles. The van der Waals surface area contributed by atoms with Crippen LogP contribution in [0.15, 0.2) is 24.3 Å². The van der Waals surface area contributed by atoms with Gasteiger partial charge in [0.05, 0.1) is 25.8 Å². The maximum atomic E-state index is 12.4. The number of carbonyl (C=O) groups is 1. The Balaban J connectivity index is 1.38. The Kier molecular flexibility index (Phi) is 7.32. The number of halogens is 1. The van der Waals surface area contributed by atoms with E-state index < -0.39 is 0 Å². The number of morpholine rings is 1. The van der Waals surface area contributed by atoms with Crippen molar-refractivity contribution in [2.75, 3.05) is 52.5 Å². The van der Waals surface area contributed by atoms with Crippen LogP contribution >= 0.6 is 11.6 Å². The van der Waals surface area contributed by atoms with E-state index in [1.165, 1.54) is 19.4 Å². The van der Waals surface area contributed by atoms with Crippen molar-refractivity contribution in [3.63, 3.8) is 0 Å². The highest BCUT2D eigenvalue weighted by atomic mass is 35.5.